The number of nitrogens with zero attached hydrogens (tertiary/aromatic N) is 1. The summed E-state index contributed by atoms with van der Waals surface area (Å²) in [6, 6.07) is 9.89. The molecule has 1 aromatic heterocycles. The van der Waals surface area contributed by atoms with E-state index in [1.54, 1.807) is 44.2 Å². The first-order chi connectivity index (χ1) is 12.7. The zero-order valence-corrected chi connectivity index (χ0v) is 17.3. The Kier molecular flexibility index (Phi) is 5.41. The molecule has 0 fully saturated rings. The molecule has 0 saturated heterocycles. The molecule has 3 rings (SSSR count). The molecular weight excluding hydrogens is 406 g/mol. The summed E-state index contributed by atoms with van der Waals surface area (Å²) in [6.45, 7) is 5.11. The second-order valence-electron chi connectivity index (χ2n) is 6.29. The number of rotatable bonds is 4. The Labute approximate surface area is 166 Å². The van der Waals surface area contributed by atoms with E-state index in [0.29, 0.717) is 26.6 Å². The maximum atomic E-state index is 12.3. The number of aryl methyl sites for hydroxylation is 1. The number of carbonyl (C=O) groups excluding carboxylic acids is 1. The summed E-state index contributed by atoms with van der Waals surface area (Å²) in [4.78, 5) is 16.5. The van der Waals surface area contributed by atoms with Gasteiger partial charge in [-0.05, 0) is 56.7 Å². The van der Waals surface area contributed by atoms with Crippen molar-refractivity contribution in [3.63, 3.8) is 0 Å². The number of anilines is 2. The molecule has 27 heavy (non-hydrogen) atoms. The summed E-state index contributed by atoms with van der Waals surface area (Å²) in [7, 11) is -3.43. The van der Waals surface area contributed by atoms with Crippen LogP contribution in [0.1, 0.15) is 19.4 Å². The van der Waals surface area contributed by atoms with Crippen molar-refractivity contribution in [1.82, 2.24) is 4.98 Å². The maximum Gasteiger partial charge on any atom is 0.323 e. The Bertz CT molecular complexity index is 1120. The van der Waals surface area contributed by atoms with Gasteiger partial charge in [0.1, 0.15) is 0 Å². The van der Waals surface area contributed by atoms with Gasteiger partial charge in [-0.1, -0.05) is 17.7 Å². The summed E-state index contributed by atoms with van der Waals surface area (Å²) in [5.41, 5.74) is 2.62. The normalized spacial score (nSPS) is 11.7. The molecule has 1 heterocycles. The van der Waals surface area contributed by atoms with E-state index in [4.69, 9.17) is 11.6 Å². The largest absolute Gasteiger partial charge is 0.323 e. The lowest BCUT2D eigenvalue weighted by Crippen LogP contribution is -2.19. The minimum atomic E-state index is -3.43. The van der Waals surface area contributed by atoms with Gasteiger partial charge in [-0.2, -0.15) is 0 Å². The molecule has 2 aromatic carbocycles. The molecule has 2 N–H and O–H groups in total. The third-order valence-corrected chi connectivity index (χ3v) is 7.75. The van der Waals surface area contributed by atoms with Crippen LogP contribution in [0.25, 0.3) is 10.2 Å². The number of nitrogens with one attached hydrogen (secondary N) is 2. The monoisotopic (exact) mass is 423 g/mol. The van der Waals surface area contributed by atoms with Crippen LogP contribution >= 0.6 is 22.9 Å². The Morgan fingerprint density at radius 2 is 1.89 bits per heavy atom. The van der Waals surface area contributed by atoms with E-state index in [-0.39, 0.29) is 4.34 Å². The predicted molar refractivity (Wildman–Crippen MR) is 111 cm³/mol. The fraction of sp³-hybridized carbons (Fsp3) is 0.222. The SMILES string of the molecule is Cc1ccc(Cl)cc1NC(=O)Nc1ccc2nc(S(=O)(=O)C(C)C)sc2c1. The van der Waals surface area contributed by atoms with Crippen molar-refractivity contribution < 1.29 is 13.2 Å². The van der Waals surface area contributed by atoms with Crippen LogP contribution in [0.15, 0.2) is 40.7 Å². The lowest BCUT2D eigenvalue weighted by Gasteiger charge is -2.10. The van der Waals surface area contributed by atoms with E-state index in [1.807, 2.05) is 13.0 Å². The van der Waals surface area contributed by atoms with Crippen LogP contribution in [0, 0.1) is 6.92 Å². The van der Waals surface area contributed by atoms with Crippen molar-refractivity contribution in [2.45, 2.75) is 30.4 Å². The van der Waals surface area contributed by atoms with Crippen LogP contribution in [-0.2, 0) is 9.84 Å². The average Bonchev–Trinajstić information content (AvgIpc) is 3.02. The van der Waals surface area contributed by atoms with Gasteiger partial charge in [-0.3, -0.25) is 0 Å². The quantitative estimate of drug-likeness (QED) is 0.612. The van der Waals surface area contributed by atoms with Gasteiger partial charge in [0.2, 0.25) is 14.2 Å². The van der Waals surface area contributed by atoms with Crippen LogP contribution in [0.5, 0.6) is 0 Å². The molecule has 6 nitrogen and oxygen atoms in total. The second-order valence-corrected chi connectivity index (χ2v) is 10.4. The van der Waals surface area contributed by atoms with E-state index in [2.05, 4.69) is 15.6 Å². The van der Waals surface area contributed by atoms with Crippen LogP contribution in [0.3, 0.4) is 0 Å². The first kappa shape index (κ1) is 19.6. The second kappa shape index (κ2) is 7.46. The number of aromatic nitrogens is 1. The number of halogens is 1. The predicted octanol–water partition coefficient (Wildman–Crippen LogP) is 5.08. The third-order valence-electron chi connectivity index (χ3n) is 3.94. The van der Waals surface area contributed by atoms with Gasteiger partial charge in [-0.15, -0.1) is 11.3 Å². The molecule has 9 heteroatoms. The lowest BCUT2D eigenvalue weighted by atomic mass is 10.2. The van der Waals surface area contributed by atoms with Crippen molar-refractivity contribution in [2.75, 3.05) is 10.6 Å². The molecule has 2 amide bonds. The van der Waals surface area contributed by atoms with Crippen molar-refractivity contribution in [1.29, 1.82) is 0 Å². The fourth-order valence-corrected chi connectivity index (χ4v) is 5.17. The molecule has 0 unspecified atom stereocenters. The Hall–Kier alpha value is -2.16. The van der Waals surface area contributed by atoms with Crippen LogP contribution in [0.4, 0.5) is 16.2 Å². The van der Waals surface area contributed by atoms with Gasteiger partial charge < -0.3 is 10.6 Å². The van der Waals surface area contributed by atoms with E-state index in [1.165, 1.54) is 0 Å². The maximum absolute atomic E-state index is 12.3. The zero-order valence-electron chi connectivity index (χ0n) is 14.9. The van der Waals surface area contributed by atoms with E-state index >= 15 is 0 Å². The number of fused-ring (bicyclic) bond motifs is 1. The van der Waals surface area contributed by atoms with Gasteiger partial charge in [-0.25, -0.2) is 18.2 Å². The van der Waals surface area contributed by atoms with Crippen LogP contribution < -0.4 is 10.6 Å². The minimum Gasteiger partial charge on any atom is -0.308 e. The number of urea groups is 1. The number of benzene rings is 2. The number of amides is 2. The smallest absolute Gasteiger partial charge is 0.308 e. The highest BCUT2D eigenvalue weighted by Crippen LogP contribution is 2.30. The van der Waals surface area contributed by atoms with Gasteiger partial charge in [0.15, 0.2) is 0 Å². The highest BCUT2D eigenvalue weighted by atomic mass is 35.5. The van der Waals surface area contributed by atoms with Gasteiger partial charge in [0.05, 0.1) is 15.5 Å². The Morgan fingerprint density at radius 3 is 2.59 bits per heavy atom. The molecule has 0 aliphatic heterocycles. The fourth-order valence-electron chi connectivity index (χ4n) is 2.32. The van der Waals surface area contributed by atoms with Crippen molar-refractivity contribution in [2.24, 2.45) is 0 Å². The number of carbonyl (C=O) groups is 1. The van der Waals surface area contributed by atoms with Crippen molar-refractivity contribution in [3.05, 3.63) is 47.0 Å². The van der Waals surface area contributed by atoms with Crippen LogP contribution in [0.2, 0.25) is 5.02 Å². The third kappa shape index (κ3) is 4.23. The molecule has 0 aliphatic rings. The number of hydrogen-bond acceptors (Lipinski definition) is 5. The van der Waals surface area contributed by atoms with Gasteiger partial charge >= 0.3 is 6.03 Å². The van der Waals surface area contributed by atoms with Gasteiger partial charge in [0.25, 0.3) is 0 Å². The highest BCUT2D eigenvalue weighted by molar-refractivity contribution is 7.94. The minimum absolute atomic E-state index is 0.0867. The molecule has 0 radical (unpaired) electrons. The molecule has 0 spiro atoms. The zero-order chi connectivity index (χ0) is 19.8. The van der Waals surface area contributed by atoms with Gasteiger partial charge in [0, 0.05) is 16.4 Å². The summed E-state index contributed by atoms with van der Waals surface area (Å²) < 4.78 is 25.3. The highest BCUT2D eigenvalue weighted by Gasteiger charge is 2.23. The summed E-state index contributed by atoms with van der Waals surface area (Å²) >= 11 is 7.05. The topological polar surface area (TPSA) is 88.2 Å². The molecule has 142 valence electrons. The number of thiazole rings is 1. The summed E-state index contributed by atoms with van der Waals surface area (Å²) in [6.07, 6.45) is 0. The standard InChI is InChI=1S/C18H18ClN3O3S2/c1-10(2)27(24,25)18-22-14-7-6-13(9-16(14)26-18)20-17(23)21-15-8-12(19)5-4-11(15)3/h4-10H,1-3H3,(H2,20,21,23). The van der Waals surface area contributed by atoms with E-state index in [9.17, 15) is 13.2 Å². The molecule has 0 atom stereocenters. The lowest BCUT2D eigenvalue weighted by molar-refractivity contribution is 0.262. The van der Waals surface area contributed by atoms with Crippen molar-refractivity contribution in [3.8, 4) is 0 Å². The first-order valence-corrected chi connectivity index (χ1v) is 10.9. The van der Waals surface area contributed by atoms with E-state index < -0.39 is 21.1 Å². The summed E-state index contributed by atoms with van der Waals surface area (Å²) in [5.74, 6) is 0. The average molecular weight is 424 g/mol. The van der Waals surface area contributed by atoms with E-state index in [0.717, 1.165) is 16.9 Å². The number of sulfone groups is 1. The first-order valence-electron chi connectivity index (χ1n) is 8.15. The molecular formula is C18H18ClN3O3S2. The molecule has 0 bridgehead atoms. The van der Waals surface area contributed by atoms with Crippen LogP contribution in [-0.4, -0.2) is 24.7 Å². The number of hydrogen-bond donors (Lipinski definition) is 2. The molecule has 0 aliphatic carbocycles. The molecule has 0 saturated carbocycles. The summed E-state index contributed by atoms with van der Waals surface area (Å²) in [5, 5.41) is 5.47. The Morgan fingerprint density at radius 1 is 1.15 bits per heavy atom. The Balaban J connectivity index is 1.81. The van der Waals surface area contributed by atoms with Crippen molar-refractivity contribution >= 4 is 60.4 Å². The molecule has 3 aromatic rings.